The van der Waals surface area contributed by atoms with Crippen LogP contribution in [0.2, 0.25) is 0 Å². The molecule has 0 radical (unpaired) electrons. The Hall–Kier alpha value is -2.91. The van der Waals surface area contributed by atoms with Crippen LogP contribution >= 0.6 is 11.3 Å². The Morgan fingerprint density at radius 3 is 2.00 bits per heavy atom. The first-order valence-electron chi connectivity index (χ1n) is 7.50. The smallest absolute Gasteiger partial charge is 0.305 e. The summed E-state index contributed by atoms with van der Waals surface area (Å²) in [6.07, 6.45) is 1.02. The minimum absolute atomic E-state index is 0.0472. The predicted molar refractivity (Wildman–Crippen MR) is 104 cm³/mol. The van der Waals surface area contributed by atoms with Crippen molar-refractivity contribution in [1.29, 1.82) is 0 Å². The zero-order chi connectivity index (χ0) is 18.7. The van der Waals surface area contributed by atoms with E-state index in [0.717, 1.165) is 35.0 Å². The third-order valence-electron chi connectivity index (χ3n) is 3.46. The van der Waals surface area contributed by atoms with Crippen molar-refractivity contribution in [1.82, 2.24) is 0 Å². The van der Waals surface area contributed by atoms with Crippen molar-refractivity contribution in [3.05, 3.63) is 70.8 Å². The molecule has 9 heteroatoms. The number of rotatable bonds is 6. The van der Waals surface area contributed by atoms with Crippen LogP contribution in [0.3, 0.4) is 0 Å². The molecule has 0 fully saturated rings. The first kappa shape index (κ1) is 17.9. The number of sulfone groups is 1. The van der Waals surface area contributed by atoms with Gasteiger partial charge in [0.2, 0.25) is 0 Å². The van der Waals surface area contributed by atoms with E-state index in [0.29, 0.717) is 5.69 Å². The quantitative estimate of drug-likeness (QED) is 0.474. The normalized spacial score (nSPS) is 11.1. The number of hydrogen-bond donors (Lipinski definition) is 2. The van der Waals surface area contributed by atoms with Crippen molar-refractivity contribution in [3.8, 4) is 0 Å². The Morgan fingerprint density at radius 2 is 1.46 bits per heavy atom. The fraction of sp³-hybridized carbons (Fsp3) is 0.0588. The van der Waals surface area contributed by atoms with Crippen LogP contribution in [-0.4, -0.2) is 19.6 Å². The molecule has 2 aromatic carbocycles. The summed E-state index contributed by atoms with van der Waals surface area (Å²) in [5.41, 5.74) is 2.16. The second kappa shape index (κ2) is 7.14. The van der Waals surface area contributed by atoms with Gasteiger partial charge < -0.3 is 10.6 Å². The number of nitrogens with one attached hydrogen (secondary N) is 2. The molecule has 0 aliphatic heterocycles. The molecule has 7 nitrogen and oxygen atoms in total. The molecule has 0 saturated heterocycles. The van der Waals surface area contributed by atoms with Gasteiger partial charge in [0.05, 0.1) is 4.92 Å². The fourth-order valence-corrected chi connectivity index (χ4v) is 4.18. The zero-order valence-electron chi connectivity index (χ0n) is 13.7. The Kier molecular flexibility index (Phi) is 4.92. The van der Waals surface area contributed by atoms with Gasteiger partial charge in [0, 0.05) is 29.4 Å². The summed E-state index contributed by atoms with van der Waals surface area (Å²) in [4.78, 5) is 10.6. The van der Waals surface area contributed by atoms with Gasteiger partial charge in [-0.25, -0.2) is 8.42 Å². The Labute approximate surface area is 154 Å². The molecule has 0 unspecified atom stereocenters. The van der Waals surface area contributed by atoms with Gasteiger partial charge in [-0.2, -0.15) is 0 Å². The van der Waals surface area contributed by atoms with Crippen molar-refractivity contribution >= 4 is 48.9 Å². The highest BCUT2D eigenvalue weighted by Gasteiger charge is 2.23. The average Bonchev–Trinajstić information content (AvgIpc) is 3.02. The molecule has 0 atom stereocenters. The molecule has 3 aromatic rings. The van der Waals surface area contributed by atoms with Crippen LogP contribution in [0.5, 0.6) is 0 Å². The molecular formula is C17H15N3O4S2. The topological polar surface area (TPSA) is 101 Å². The number of thiophene rings is 1. The molecule has 134 valence electrons. The SMILES string of the molecule is CS(=O)(=O)c1cc([N+](=O)[O-])c(Nc2ccc(Nc3ccccc3)cc2)s1. The molecule has 3 rings (SSSR count). The predicted octanol–water partition coefficient (Wildman–Crippen LogP) is 4.55. The van der Waals surface area contributed by atoms with E-state index < -0.39 is 14.8 Å². The summed E-state index contributed by atoms with van der Waals surface area (Å²) in [6, 6.07) is 17.9. The highest BCUT2D eigenvalue weighted by atomic mass is 32.2. The number of benzene rings is 2. The van der Waals surface area contributed by atoms with Crippen molar-refractivity contribution in [2.24, 2.45) is 0 Å². The molecule has 0 spiro atoms. The lowest BCUT2D eigenvalue weighted by Crippen LogP contribution is -1.94. The van der Waals surface area contributed by atoms with Crippen molar-refractivity contribution in [3.63, 3.8) is 0 Å². The number of anilines is 4. The summed E-state index contributed by atoms with van der Waals surface area (Å²) in [7, 11) is -3.51. The largest absolute Gasteiger partial charge is 0.356 e. The number of nitrogens with zero attached hydrogens (tertiary/aromatic N) is 1. The molecule has 0 aliphatic rings. The van der Waals surface area contributed by atoms with E-state index in [9.17, 15) is 18.5 Å². The maximum Gasteiger partial charge on any atom is 0.305 e. The summed E-state index contributed by atoms with van der Waals surface area (Å²) in [6.45, 7) is 0. The van der Waals surface area contributed by atoms with Gasteiger partial charge >= 0.3 is 5.69 Å². The number of para-hydroxylation sites is 1. The second-order valence-corrected chi connectivity index (χ2v) is 8.80. The lowest BCUT2D eigenvalue weighted by molar-refractivity contribution is -0.383. The molecule has 0 amide bonds. The molecule has 26 heavy (non-hydrogen) atoms. The molecule has 1 heterocycles. The molecule has 0 aliphatic carbocycles. The highest BCUT2D eigenvalue weighted by Crippen LogP contribution is 2.39. The molecule has 0 bridgehead atoms. The maximum absolute atomic E-state index is 11.6. The standard InChI is InChI=1S/C17H15N3O4S2/c1-26(23,24)16-11-15(20(21)22)17(25-16)19-14-9-7-13(8-10-14)18-12-5-3-2-4-6-12/h2-11,18-19H,1H3. The minimum Gasteiger partial charge on any atom is -0.356 e. The van der Waals surface area contributed by atoms with Crippen LogP contribution in [0.4, 0.5) is 27.8 Å². The lowest BCUT2D eigenvalue weighted by atomic mass is 10.2. The summed E-state index contributed by atoms with van der Waals surface area (Å²) in [5.74, 6) is 0. The van der Waals surface area contributed by atoms with Crippen LogP contribution in [-0.2, 0) is 9.84 Å². The summed E-state index contributed by atoms with van der Waals surface area (Å²) >= 11 is 0.840. The monoisotopic (exact) mass is 389 g/mol. The van der Waals surface area contributed by atoms with Crippen molar-refractivity contribution < 1.29 is 13.3 Å². The fourth-order valence-electron chi connectivity index (χ4n) is 2.22. The summed E-state index contributed by atoms with van der Waals surface area (Å²) < 4.78 is 23.2. The molecular weight excluding hydrogens is 374 g/mol. The van der Waals surface area contributed by atoms with E-state index in [2.05, 4.69) is 10.6 Å². The van der Waals surface area contributed by atoms with E-state index in [4.69, 9.17) is 0 Å². The van der Waals surface area contributed by atoms with Gasteiger partial charge in [-0.1, -0.05) is 29.5 Å². The van der Waals surface area contributed by atoms with E-state index in [1.54, 1.807) is 12.1 Å². The first-order valence-corrected chi connectivity index (χ1v) is 10.2. The van der Waals surface area contributed by atoms with Gasteiger partial charge in [-0.3, -0.25) is 10.1 Å². The first-order chi connectivity index (χ1) is 12.3. The third kappa shape index (κ3) is 4.19. The third-order valence-corrected chi connectivity index (χ3v) is 6.30. The van der Waals surface area contributed by atoms with Gasteiger partial charge in [0.15, 0.2) is 14.8 Å². The van der Waals surface area contributed by atoms with Crippen molar-refractivity contribution in [2.45, 2.75) is 4.21 Å². The Bertz CT molecular complexity index is 1030. The van der Waals surface area contributed by atoms with E-state index >= 15 is 0 Å². The number of nitro groups is 1. The number of hydrogen-bond acceptors (Lipinski definition) is 7. The van der Waals surface area contributed by atoms with Gasteiger partial charge in [0.1, 0.15) is 4.21 Å². The highest BCUT2D eigenvalue weighted by molar-refractivity contribution is 7.92. The van der Waals surface area contributed by atoms with Gasteiger partial charge in [0.25, 0.3) is 0 Å². The molecule has 1 aromatic heterocycles. The zero-order valence-corrected chi connectivity index (χ0v) is 15.3. The van der Waals surface area contributed by atoms with Crippen molar-refractivity contribution in [2.75, 3.05) is 16.9 Å². The van der Waals surface area contributed by atoms with Crippen LogP contribution in [0, 0.1) is 10.1 Å². The lowest BCUT2D eigenvalue weighted by Gasteiger charge is -2.08. The molecule has 0 saturated carbocycles. The van der Waals surface area contributed by atoms with Crippen LogP contribution < -0.4 is 10.6 Å². The van der Waals surface area contributed by atoms with E-state index in [-0.39, 0.29) is 14.9 Å². The Balaban J connectivity index is 1.81. The average molecular weight is 389 g/mol. The van der Waals surface area contributed by atoms with Gasteiger partial charge in [-0.15, -0.1) is 0 Å². The van der Waals surface area contributed by atoms with Crippen LogP contribution in [0.15, 0.2) is 64.9 Å². The van der Waals surface area contributed by atoms with E-state index in [1.165, 1.54) is 0 Å². The Morgan fingerprint density at radius 1 is 0.923 bits per heavy atom. The maximum atomic E-state index is 11.6. The van der Waals surface area contributed by atoms with Crippen LogP contribution in [0.1, 0.15) is 0 Å². The molecule has 2 N–H and O–H groups in total. The van der Waals surface area contributed by atoms with E-state index in [1.807, 2.05) is 42.5 Å². The van der Waals surface area contributed by atoms with Gasteiger partial charge in [-0.05, 0) is 36.4 Å². The van der Waals surface area contributed by atoms with Crippen LogP contribution in [0.25, 0.3) is 0 Å². The minimum atomic E-state index is -3.51. The second-order valence-electron chi connectivity index (χ2n) is 5.50. The summed E-state index contributed by atoms with van der Waals surface area (Å²) in [5, 5.41) is 17.5.